The van der Waals surface area contributed by atoms with E-state index in [4.69, 9.17) is 10.5 Å². The van der Waals surface area contributed by atoms with Crippen LogP contribution < -0.4 is 15.8 Å². The van der Waals surface area contributed by atoms with Gasteiger partial charge in [-0.1, -0.05) is 32.0 Å². The third-order valence-corrected chi connectivity index (χ3v) is 4.22. The Kier molecular flexibility index (Phi) is 4.88. The molecule has 2 atom stereocenters. The summed E-state index contributed by atoms with van der Waals surface area (Å²) in [4.78, 5) is 11.8. The smallest absolute Gasteiger partial charge is 0.240 e. The second-order valence-corrected chi connectivity index (χ2v) is 6.25. The van der Waals surface area contributed by atoms with E-state index in [1.54, 1.807) is 0 Å². The van der Waals surface area contributed by atoms with Crippen LogP contribution >= 0.6 is 0 Å². The van der Waals surface area contributed by atoms with E-state index in [2.05, 4.69) is 25.2 Å². The van der Waals surface area contributed by atoms with Gasteiger partial charge in [-0.3, -0.25) is 10.1 Å². The van der Waals surface area contributed by atoms with E-state index < -0.39 is 5.54 Å². The molecule has 1 aromatic rings. The quantitative estimate of drug-likeness (QED) is 0.773. The van der Waals surface area contributed by atoms with Crippen LogP contribution in [0, 0.1) is 0 Å². The van der Waals surface area contributed by atoms with Crippen LogP contribution in [0.4, 0.5) is 0 Å². The van der Waals surface area contributed by atoms with Gasteiger partial charge in [0.05, 0.1) is 0 Å². The molecule has 0 saturated heterocycles. The molecule has 116 valence electrons. The van der Waals surface area contributed by atoms with Gasteiger partial charge in [-0.05, 0) is 43.7 Å². The first-order chi connectivity index (χ1) is 9.96. The second-order valence-electron chi connectivity index (χ2n) is 6.25. The summed E-state index contributed by atoms with van der Waals surface area (Å²) in [5, 5.41) is 3.30. The number of carbonyl (C=O) groups is 1. The summed E-state index contributed by atoms with van der Waals surface area (Å²) in [6.07, 6.45) is 3.26. The maximum Gasteiger partial charge on any atom is 0.240 e. The van der Waals surface area contributed by atoms with Gasteiger partial charge in [0.1, 0.15) is 17.9 Å². The molecule has 0 radical (unpaired) electrons. The van der Waals surface area contributed by atoms with E-state index in [1.165, 1.54) is 5.56 Å². The van der Waals surface area contributed by atoms with Crippen LogP contribution in [0.1, 0.15) is 51.5 Å². The summed E-state index contributed by atoms with van der Waals surface area (Å²) >= 11 is 0. The average Bonchev–Trinajstić information content (AvgIpc) is 3.28. The third-order valence-electron chi connectivity index (χ3n) is 4.22. The average molecular weight is 290 g/mol. The highest BCUT2D eigenvalue weighted by Crippen LogP contribution is 2.29. The third kappa shape index (κ3) is 3.97. The Morgan fingerprint density at radius 1 is 1.48 bits per heavy atom. The molecular formula is C17H26N2O2. The Balaban J connectivity index is 2.08. The van der Waals surface area contributed by atoms with Crippen molar-refractivity contribution in [2.45, 2.75) is 57.5 Å². The van der Waals surface area contributed by atoms with Gasteiger partial charge < -0.3 is 10.5 Å². The Bertz CT molecular complexity index is 499. The van der Waals surface area contributed by atoms with E-state index in [0.29, 0.717) is 12.0 Å². The Labute approximate surface area is 127 Å². The minimum atomic E-state index is -0.816. The van der Waals surface area contributed by atoms with Crippen LogP contribution in [0.25, 0.3) is 0 Å². The zero-order valence-corrected chi connectivity index (χ0v) is 13.2. The number of benzene rings is 1. The highest BCUT2D eigenvalue weighted by atomic mass is 16.5. The van der Waals surface area contributed by atoms with Gasteiger partial charge in [0, 0.05) is 6.04 Å². The van der Waals surface area contributed by atoms with E-state index in [9.17, 15) is 4.79 Å². The first-order valence-corrected chi connectivity index (χ1v) is 7.75. The number of para-hydroxylation sites is 1. The molecule has 0 aliphatic heterocycles. The Morgan fingerprint density at radius 2 is 2.14 bits per heavy atom. The topological polar surface area (TPSA) is 64.3 Å². The predicted octanol–water partition coefficient (Wildman–Crippen LogP) is 2.57. The number of carbonyl (C=O) groups excluding carboxylic acids is 1. The number of ether oxygens (including phenoxy) is 1. The summed E-state index contributed by atoms with van der Waals surface area (Å²) in [7, 11) is 0. The number of nitrogens with two attached hydrogens (primary N) is 1. The molecule has 2 rings (SSSR count). The highest BCUT2D eigenvalue weighted by molar-refractivity contribution is 5.84. The highest BCUT2D eigenvalue weighted by Gasteiger charge is 2.38. The molecule has 1 fully saturated rings. The van der Waals surface area contributed by atoms with Gasteiger partial charge in [0.2, 0.25) is 5.91 Å². The van der Waals surface area contributed by atoms with Gasteiger partial charge in [0.25, 0.3) is 0 Å². The van der Waals surface area contributed by atoms with Gasteiger partial charge in [0.15, 0.2) is 0 Å². The SMILES string of the molecule is CCC(C)c1ccccc1OCC(C)(NC1CC1)C(N)=O. The van der Waals surface area contributed by atoms with Crippen molar-refractivity contribution in [3.05, 3.63) is 29.8 Å². The molecule has 4 heteroatoms. The summed E-state index contributed by atoms with van der Waals surface area (Å²) in [6.45, 7) is 6.41. The summed E-state index contributed by atoms with van der Waals surface area (Å²) in [5.74, 6) is 0.907. The summed E-state index contributed by atoms with van der Waals surface area (Å²) in [5.41, 5.74) is 5.92. The fourth-order valence-electron chi connectivity index (χ4n) is 2.32. The molecule has 1 amide bonds. The van der Waals surface area contributed by atoms with E-state index in [1.807, 2.05) is 25.1 Å². The number of primary amides is 1. The van der Waals surface area contributed by atoms with Gasteiger partial charge in [-0.2, -0.15) is 0 Å². The molecule has 1 aromatic carbocycles. The predicted molar refractivity (Wildman–Crippen MR) is 84.4 cm³/mol. The normalized spacial score (nSPS) is 18.8. The molecule has 21 heavy (non-hydrogen) atoms. The Morgan fingerprint density at radius 3 is 2.71 bits per heavy atom. The van der Waals surface area contributed by atoms with Gasteiger partial charge >= 0.3 is 0 Å². The van der Waals surface area contributed by atoms with E-state index >= 15 is 0 Å². The summed E-state index contributed by atoms with van der Waals surface area (Å²) in [6, 6.07) is 8.41. The first kappa shape index (κ1) is 15.8. The summed E-state index contributed by atoms with van der Waals surface area (Å²) < 4.78 is 5.95. The van der Waals surface area contributed by atoms with E-state index in [-0.39, 0.29) is 12.5 Å². The lowest BCUT2D eigenvalue weighted by atomic mass is 9.97. The number of nitrogens with one attached hydrogen (secondary N) is 1. The molecule has 0 bridgehead atoms. The fraction of sp³-hybridized carbons (Fsp3) is 0.588. The molecule has 0 spiro atoms. The lowest BCUT2D eigenvalue weighted by molar-refractivity contribution is -0.125. The number of amides is 1. The van der Waals surface area contributed by atoms with Crippen molar-refractivity contribution in [2.75, 3.05) is 6.61 Å². The zero-order chi connectivity index (χ0) is 15.5. The lowest BCUT2D eigenvalue weighted by Crippen LogP contribution is -2.57. The number of hydrogen-bond donors (Lipinski definition) is 2. The van der Waals surface area contributed by atoms with Crippen LogP contribution in [0.15, 0.2) is 24.3 Å². The van der Waals surface area contributed by atoms with Crippen molar-refractivity contribution in [3.8, 4) is 5.75 Å². The Hall–Kier alpha value is -1.55. The van der Waals surface area contributed by atoms with E-state index in [0.717, 1.165) is 25.0 Å². The van der Waals surface area contributed by atoms with Crippen LogP contribution in [0.5, 0.6) is 5.75 Å². The molecule has 1 aliphatic rings. The number of rotatable bonds is 8. The van der Waals surface area contributed by atoms with Crippen LogP contribution in [0.3, 0.4) is 0 Å². The monoisotopic (exact) mass is 290 g/mol. The van der Waals surface area contributed by atoms with Crippen molar-refractivity contribution in [2.24, 2.45) is 5.73 Å². The van der Waals surface area contributed by atoms with Crippen molar-refractivity contribution < 1.29 is 9.53 Å². The van der Waals surface area contributed by atoms with Crippen LogP contribution in [-0.2, 0) is 4.79 Å². The molecule has 3 N–H and O–H groups in total. The van der Waals surface area contributed by atoms with Crippen LogP contribution in [0.2, 0.25) is 0 Å². The molecule has 2 unspecified atom stereocenters. The zero-order valence-electron chi connectivity index (χ0n) is 13.2. The van der Waals surface area contributed by atoms with Crippen molar-refractivity contribution in [3.63, 3.8) is 0 Å². The molecular weight excluding hydrogens is 264 g/mol. The molecule has 1 aliphatic carbocycles. The molecule has 4 nitrogen and oxygen atoms in total. The maximum atomic E-state index is 11.8. The van der Waals surface area contributed by atoms with Gasteiger partial charge in [-0.15, -0.1) is 0 Å². The minimum absolute atomic E-state index is 0.256. The maximum absolute atomic E-state index is 11.8. The largest absolute Gasteiger partial charge is 0.491 e. The fourth-order valence-corrected chi connectivity index (χ4v) is 2.32. The first-order valence-electron chi connectivity index (χ1n) is 7.75. The van der Waals surface area contributed by atoms with Crippen molar-refractivity contribution >= 4 is 5.91 Å². The van der Waals surface area contributed by atoms with Crippen molar-refractivity contribution in [1.29, 1.82) is 0 Å². The molecule has 0 heterocycles. The van der Waals surface area contributed by atoms with Gasteiger partial charge in [-0.25, -0.2) is 0 Å². The van der Waals surface area contributed by atoms with Crippen LogP contribution in [-0.4, -0.2) is 24.1 Å². The standard InChI is InChI=1S/C17H26N2O2/c1-4-12(2)14-7-5-6-8-15(14)21-11-17(3,16(18)20)19-13-9-10-13/h5-8,12-13,19H,4,9-11H2,1-3H3,(H2,18,20). The second kappa shape index (κ2) is 6.48. The lowest BCUT2D eigenvalue weighted by Gasteiger charge is -2.28. The number of hydrogen-bond acceptors (Lipinski definition) is 3. The molecule has 0 aromatic heterocycles. The minimum Gasteiger partial charge on any atom is -0.491 e. The van der Waals surface area contributed by atoms with Crippen molar-refractivity contribution in [1.82, 2.24) is 5.32 Å². The molecule has 1 saturated carbocycles.